The molecule has 0 unspecified atom stereocenters. The minimum absolute atomic E-state index is 0.101. The first kappa shape index (κ1) is 15.3. The number of ether oxygens (including phenoxy) is 2. The second kappa shape index (κ2) is 5.92. The molecule has 7 heteroatoms. The first-order valence-corrected chi connectivity index (χ1v) is 5.48. The standard InChI is InChI=1S/C12H14F3NO3/c1-3-19-11(17)12(14,15)10(16)7-4-5-9(18-2)8(13)6-7/h4-6,10H,3,16H2,1-2H3/t10-/m1/s1. The van der Waals surface area contributed by atoms with Gasteiger partial charge in [-0.1, -0.05) is 6.07 Å². The normalized spacial score (nSPS) is 12.9. The highest BCUT2D eigenvalue weighted by Gasteiger charge is 2.47. The zero-order chi connectivity index (χ0) is 14.6. The van der Waals surface area contributed by atoms with Gasteiger partial charge >= 0.3 is 11.9 Å². The van der Waals surface area contributed by atoms with Crippen LogP contribution in [0.25, 0.3) is 0 Å². The number of halogens is 3. The molecule has 0 bridgehead atoms. The van der Waals surface area contributed by atoms with Crippen molar-refractivity contribution in [2.45, 2.75) is 18.9 Å². The molecule has 1 atom stereocenters. The van der Waals surface area contributed by atoms with Gasteiger partial charge in [-0.2, -0.15) is 8.78 Å². The molecule has 0 saturated heterocycles. The predicted molar refractivity (Wildman–Crippen MR) is 61.5 cm³/mol. The van der Waals surface area contributed by atoms with Crippen LogP contribution in [0.3, 0.4) is 0 Å². The van der Waals surface area contributed by atoms with E-state index < -0.39 is 23.8 Å². The van der Waals surface area contributed by atoms with Crippen LogP contribution in [0, 0.1) is 5.82 Å². The Balaban J connectivity index is 3.02. The number of nitrogens with two attached hydrogens (primary N) is 1. The summed E-state index contributed by atoms with van der Waals surface area (Å²) in [5.74, 6) is -6.61. The van der Waals surface area contributed by atoms with Gasteiger partial charge < -0.3 is 15.2 Å². The maximum absolute atomic E-state index is 13.6. The number of methoxy groups -OCH3 is 1. The molecule has 1 aromatic rings. The van der Waals surface area contributed by atoms with Crippen molar-refractivity contribution in [1.82, 2.24) is 0 Å². The summed E-state index contributed by atoms with van der Waals surface area (Å²) in [5, 5.41) is 0. The quantitative estimate of drug-likeness (QED) is 0.836. The first-order valence-electron chi connectivity index (χ1n) is 5.48. The second-order valence-corrected chi connectivity index (χ2v) is 3.72. The third kappa shape index (κ3) is 3.17. The zero-order valence-electron chi connectivity index (χ0n) is 10.5. The Morgan fingerprint density at radius 2 is 2.11 bits per heavy atom. The summed E-state index contributed by atoms with van der Waals surface area (Å²) in [6.07, 6.45) is 0. The van der Waals surface area contributed by atoms with Crippen molar-refractivity contribution in [2.24, 2.45) is 5.73 Å². The summed E-state index contributed by atoms with van der Waals surface area (Å²) in [6, 6.07) is 1.13. The average Bonchev–Trinajstić information content (AvgIpc) is 2.37. The maximum Gasteiger partial charge on any atom is 0.379 e. The lowest BCUT2D eigenvalue weighted by atomic mass is 10.0. The van der Waals surface area contributed by atoms with E-state index in [9.17, 15) is 18.0 Å². The van der Waals surface area contributed by atoms with Crippen LogP contribution in [0.1, 0.15) is 18.5 Å². The predicted octanol–water partition coefficient (Wildman–Crippen LogP) is 2.03. The molecule has 1 rings (SSSR count). The van der Waals surface area contributed by atoms with E-state index in [0.717, 1.165) is 12.1 Å². The summed E-state index contributed by atoms with van der Waals surface area (Å²) >= 11 is 0. The molecule has 0 aliphatic heterocycles. The van der Waals surface area contributed by atoms with E-state index in [4.69, 9.17) is 5.73 Å². The van der Waals surface area contributed by atoms with Gasteiger partial charge in [-0.15, -0.1) is 0 Å². The highest BCUT2D eigenvalue weighted by atomic mass is 19.3. The third-order valence-corrected chi connectivity index (χ3v) is 2.47. The van der Waals surface area contributed by atoms with Gasteiger partial charge in [-0.25, -0.2) is 9.18 Å². The largest absolute Gasteiger partial charge is 0.494 e. The number of esters is 1. The summed E-state index contributed by atoms with van der Waals surface area (Å²) in [4.78, 5) is 11.1. The second-order valence-electron chi connectivity index (χ2n) is 3.72. The number of alkyl halides is 2. The van der Waals surface area contributed by atoms with Crippen molar-refractivity contribution in [3.05, 3.63) is 29.6 Å². The smallest absolute Gasteiger partial charge is 0.379 e. The lowest BCUT2D eigenvalue weighted by Crippen LogP contribution is -2.41. The third-order valence-electron chi connectivity index (χ3n) is 2.47. The lowest BCUT2D eigenvalue weighted by Gasteiger charge is -2.22. The molecule has 0 fully saturated rings. The van der Waals surface area contributed by atoms with Crippen LogP contribution in [0.2, 0.25) is 0 Å². The van der Waals surface area contributed by atoms with Crippen molar-refractivity contribution >= 4 is 5.97 Å². The van der Waals surface area contributed by atoms with E-state index in [0.29, 0.717) is 0 Å². The highest BCUT2D eigenvalue weighted by molar-refractivity contribution is 5.78. The van der Waals surface area contributed by atoms with Crippen LogP contribution >= 0.6 is 0 Å². The van der Waals surface area contributed by atoms with E-state index >= 15 is 0 Å². The van der Waals surface area contributed by atoms with Crippen molar-refractivity contribution in [1.29, 1.82) is 0 Å². The fourth-order valence-corrected chi connectivity index (χ4v) is 1.44. The molecule has 1 aromatic carbocycles. The van der Waals surface area contributed by atoms with E-state index in [2.05, 4.69) is 9.47 Å². The number of benzene rings is 1. The zero-order valence-corrected chi connectivity index (χ0v) is 10.5. The highest BCUT2D eigenvalue weighted by Crippen LogP contribution is 2.32. The molecule has 0 heterocycles. The Bertz CT molecular complexity index is 466. The van der Waals surface area contributed by atoms with Gasteiger partial charge in [0.1, 0.15) is 6.04 Å². The molecule has 0 spiro atoms. The Morgan fingerprint density at radius 3 is 2.58 bits per heavy atom. The summed E-state index contributed by atoms with van der Waals surface area (Å²) in [5.41, 5.74) is 5.08. The summed E-state index contributed by atoms with van der Waals surface area (Å²) < 4.78 is 49.6. The first-order chi connectivity index (χ1) is 8.84. The van der Waals surface area contributed by atoms with E-state index in [1.807, 2.05) is 0 Å². The average molecular weight is 277 g/mol. The van der Waals surface area contributed by atoms with Gasteiger partial charge in [0.25, 0.3) is 0 Å². The van der Waals surface area contributed by atoms with Crippen LogP contribution in [0.15, 0.2) is 18.2 Å². The molecule has 106 valence electrons. The molecule has 2 N–H and O–H groups in total. The molecule has 0 radical (unpaired) electrons. The lowest BCUT2D eigenvalue weighted by molar-refractivity contribution is -0.174. The van der Waals surface area contributed by atoms with Gasteiger partial charge in [0, 0.05) is 0 Å². The van der Waals surface area contributed by atoms with Crippen molar-refractivity contribution in [3.63, 3.8) is 0 Å². The van der Waals surface area contributed by atoms with Crippen molar-refractivity contribution in [2.75, 3.05) is 13.7 Å². The van der Waals surface area contributed by atoms with Crippen LogP contribution in [-0.2, 0) is 9.53 Å². The molecular weight excluding hydrogens is 263 g/mol. The minimum Gasteiger partial charge on any atom is -0.494 e. The van der Waals surface area contributed by atoms with Crippen LogP contribution in [0.4, 0.5) is 13.2 Å². The van der Waals surface area contributed by atoms with Gasteiger partial charge in [0.15, 0.2) is 11.6 Å². The van der Waals surface area contributed by atoms with E-state index in [1.54, 1.807) is 0 Å². The topological polar surface area (TPSA) is 61.5 Å². The molecule has 0 saturated carbocycles. The Hall–Kier alpha value is -1.76. The summed E-state index contributed by atoms with van der Waals surface area (Å²) in [7, 11) is 1.24. The number of carbonyl (C=O) groups excluding carboxylic acids is 1. The molecule has 0 amide bonds. The Kier molecular flexibility index (Phi) is 4.77. The number of rotatable bonds is 5. The Morgan fingerprint density at radius 1 is 1.47 bits per heavy atom. The van der Waals surface area contributed by atoms with Gasteiger partial charge in [0.2, 0.25) is 0 Å². The van der Waals surface area contributed by atoms with E-state index in [-0.39, 0.29) is 17.9 Å². The van der Waals surface area contributed by atoms with Crippen LogP contribution < -0.4 is 10.5 Å². The fourth-order valence-electron chi connectivity index (χ4n) is 1.44. The van der Waals surface area contributed by atoms with E-state index in [1.165, 1.54) is 20.1 Å². The van der Waals surface area contributed by atoms with Crippen LogP contribution in [0.5, 0.6) is 5.75 Å². The molecule has 0 aliphatic rings. The molecule has 0 aliphatic carbocycles. The molecule has 0 aromatic heterocycles. The Labute approximate surface area is 108 Å². The number of carbonyl (C=O) groups is 1. The SMILES string of the molecule is CCOC(=O)C(F)(F)[C@H](N)c1ccc(OC)c(F)c1. The maximum atomic E-state index is 13.6. The molecule has 4 nitrogen and oxygen atoms in total. The number of hydrogen-bond acceptors (Lipinski definition) is 4. The monoisotopic (exact) mass is 277 g/mol. The van der Waals surface area contributed by atoms with Crippen LogP contribution in [-0.4, -0.2) is 25.6 Å². The summed E-state index contributed by atoms with van der Waals surface area (Å²) in [6.45, 7) is 1.20. The minimum atomic E-state index is -3.93. The van der Waals surface area contributed by atoms with Crippen molar-refractivity contribution < 1.29 is 27.4 Å². The molecule has 19 heavy (non-hydrogen) atoms. The van der Waals surface area contributed by atoms with Gasteiger partial charge in [-0.3, -0.25) is 0 Å². The fraction of sp³-hybridized carbons (Fsp3) is 0.417. The number of hydrogen-bond donors (Lipinski definition) is 1. The van der Waals surface area contributed by atoms with Gasteiger partial charge in [-0.05, 0) is 24.6 Å². The van der Waals surface area contributed by atoms with Crippen molar-refractivity contribution in [3.8, 4) is 5.75 Å². The molecular formula is C12H14F3NO3. The van der Waals surface area contributed by atoms with Gasteiger partial charge in [0.05, 0.1) is 13.7 Å².